The molecule has 0 radical (unpaired) electrons. The SMILES string of the molecule is CC1(C)C(=O)Nc2nc(-c3nn(Cc4ncccc4F)c4ncc(F)cc34)nc(NCC(F)(F)F)c21. The van der Waals surface area contributed by atoms with Gasteiger partial charge in [0, 0.05) is 6.20 Å². The fourth-order valence-corrected chi connectivity index (χ4v) is 3.92. The van der Waals surface area contributed by atoms with E-state index in [9.17, 15) is 26.7 Å². The molecule has 0 aliphatic carbocycles. The molecule has 5 heterocycles. The lowest BCUT2D eigenvalue weighted by Crippen LogP contribution is -2.29. The van der Waals surface area contributed by atoms with Crippen LogP contribution in [0.15, 0.2) is 30.6 Å². The molecule has 0 fully saturated rings. The van der Waals surface area contributed by atoms with Gasteiger partial charge < -0.3 is 10.6 Å². The molecular weight excluding hydrogens is 487 g/mol. The maximum atomic E-state index is 14.2. The summed E-state index contributed by atoms with van der Waals surface area (Å²) in [6.45, 7) is 1.47. The smallest absolute Gasteiger partial charge is 0.361 e. The summed E-state index contributed by atoms with van der Waals surface area (Å²) in [5.74, 6) is -2.19. The van der Waals surface area contributed by atoms with Gasteiger partial charge in [0.1, 0.15) is 35.5 Å². The van der Waals surface area contributed by atoms with Crippen LogP contribution < -0.4 is 10.6 Å². The van der Waals surface area contributed by atoms with E-state index in [0.29, 0.717) is 0 Å². The number of anilines is 2. The van der Waals surface area contributed by atoms with Crippen LogP contribution in [0.4, 0.5) is 33.6 Å². The van der Waals surface area contributed by atoms with Crippen LogP contribution in [-0.4, -0.2) is 48.3 Å². The minimum absolute atomic E-state index is 0.00232. The molecule has 4 aromatic heterocycles. The molecule has 0 atom stereocenters. The molecule has 36 heavy (non-hydrogen) atoms. The standard InChI is InChI=1S/C22H17F5N8O/c1-21(2)14-16(30-9-22(25,26)27)31-18(32-17(14)33-20(21)36)15-11-6-10(23)7-29-19(11)35(34-15)8-13-12(24)4-3-5-28-13/h3-7H,8-9H2,1-2H3,(H2,30,31,32,33,36). The van der Waals surface area contributed by atoms with Crippen LogP contribution in [0.2, 0.25) is 0 Å². The highest BCUT2D eigenvalue weighted by Gasteiger charge is 2.43. The Bertz CT molecular complexity index is 1510. The van der Waals surface area contributed by atoms with Gasteiger partial charge in [-0.05, 0) is 32.0 Å². The monoisotopic (exact) mass is 504 g/mol. The first kappa shape index (κ1) is 23.5. The van der Waals surface area contributed by atoms with Crippen molar-refractivity contribution in [3.63, 3.8) is 0 Å². The van der Waals surface area contributed by atoms with Gasteiger partial charge in [0.25, 0.3) is 0 Å². The van der Waals surface area contributed by atoms with E-state index in [2.05, 4.69) is 35.7 Å². The van der Waals surface area contributed by atoms with Crippen LogP contribution in [0, 0.1) is 11.6 Å². The Kier molecular flexibility index (Phi) is 5.34. The molecular formula is C22H17F5N8O. The van der Waals surface area contributed by atoms with E-state index in [1.165, 1.54) is 36.9 Å². The van der Waals surface area contributed by atoms with E-state index < -0.39 is 35.7 Å². The first-order valence-electron chi connectivity index (χ1n) is 10.6. The highest BCUT2D eigenvalue weighted by Crippen LogP contribution is 2.42. The Morgan fingerprint density at radius 3 is 2.67 bits per heavy atom. The zero-order valence-corrected chi connectivity index (χ0v) is 18.8. The van der Waals surface area contributed by atoms with Crippen molar-refractivity contribution in [3.8, 4) is 11.5 Å². The van der Waals surface area contributed by atoms with Gasteiger partial charge >= 0.3 is 6.18 Å². The number of nitrogens with one attached hydrogen (secondary N) is 2. The van der Waals surface area contributed by atoms with Crippen LogP contribution >= 0.6 is 0 Å². The van der Waals surface area contributed by atoms with Crippen LogP contribution in [-0.2, 0) is 16.8 Å². The third-order valence-electron chi connectivity index (χ3n) is 5.69. The average molecular weight is 504 g/mol. The van der Waals surface area contributed by atoms with Crippen LogP contribution in [0.3, 0.4) is 0 Å². The number of alkyl halides is 3. The minimum atomic E-state index is -4.56. The normalized spacial score (nSPS) is 14.7. The summed E-state index contributed by atoms with van der Waals surface area (Å²) in [6.07, 6.45) is -2.22. The van der Waals surface area contributed by atoms with Crippen molar-refractivity contribution in [1.29, 1.82) is 0 Å². The van der Waals surface area contributed by atoms with Crippen LogP contribution in [0.1, 0.15) is 25.1 Å². The first-order chi connectivity index (χ1) is 16.9. The molecule has 0 aromatic carbocycles. The summed E-state index contributed by atoms with van der Waals surface area (Å²) in [5, 5.41) is 9.28. The molecule has 1 amide bonds. The molecule has 2 N–H and O–H groups in total. The number of rotatable bonds is 5. The zero-order chi connectivity index (χ0) is 25.8. The van der Waals surface area contributed by atoms with E-state index in [-0.39, 0.29) is 52.0 Å². The number of carbonyl (C=O) groups is 1. The molecule has 1 aliphatic heterocycles. The van der Waals surface area contributed by atoms with Crippen molar-refractivity contribution in [3.05, 3.63) is 53.5 Å². The van der Waals surface area contributed by atoms with E-state index in [1.54, 1.807) is 0 Å². The van der Waals surface area contributed by atoms with Crippen molar-refractivity contribution in [1.82, 2.24) is 29.7 Å². The number of pyridine rings is 2. The summed E-state index contributed by atoms with van der Waals surface area (Å²) in [6, 6.07) is 3.75. The van der Waals surface area contributed by atoms with E-state index in [0.717, 1.165) is 12.3 Å². The van der Waals surface area contributed by atoms with E-state index in [1.807, 2.05) is 0 Å². The molecule has 0 saturated carbocycles. The Morgan fingerprint density at radius 2 is 1.94 bits per heavy atom. The molecule has 0 unspecified atom stereocenters. The lowest BCUT2D eigenvalue weighted by atomic mass is 9.87. The topological polar surface area (TPSA) is 111 Å². The Hall–Kier alpha value is -4.23. The van der Waals surface area contributed by atoms with Crippen molar-refractivity contribution >= 4 is 28.6 Å². The van der Waals surface area contributed by atoms with Gasteiger partial charge in [0.05, 0.1) is 34.8 Å². The molecule has 186 valence electrons. The number of aromatic nitrogens is 6. The summed E-state index contributed by atoms with van der Waals surface area (Å²) < 4.78 is 68.6. The number of hydrogen-bond acceptors (Lipinski definition) is 7. The second-order valence-corrected chi connectivity index (χ2v) is 8.63. The largest absolute Gasteiger partial charge is 0.405 e. The maximum absolute atomic E-state index is 14.2. The predicted octanol–water partition coefficient (Wildman–Crippen LogP) is 3.81. The molecule has 0 spiro atoms. The number of hydrogen-bond donors (Lipinski definition) is 2. The minimum Gasteiger partial charge on any atom is -0.361 e. The van der Waals surface area contributed by atoms with Crippen LogP contribution in [0.25, 0.3) is 22.6 Å². The fraction of sp³-hybridized carbons (Fsp3) is 0.273. The molecule has 9 nitrogen and oxygen atoms in total. The molecule has 5 rings (SSSR count). The number of halogens is 5. The van der Waals surface area contributed by atoms with Crippen molar-refractivity contribution in [2.24, 2.45) is 0 Å². The molecule has 1 aliphatic rings. The molecule has 0 bridgehead atoms. The molecule has 0 saturated heterocycles. The van der Waals surface area contributed by atoms with E-state index in [4.69, 9.17) is 0 Å². The van der Waals surface area contributed by atoms with Crippen LogP contribution in [0.5, 0.6) is 0 Å². The number of fused-ring (bicyclic) bond motifs is 2. The van der Waals surface area contributed by atoms with Crippen molar-refractivity contribution in [2.45, 2.75) is 32.0 Å². The Balaban J connectivity index is 1.68. The Labute approximate surface area is 199 Å². The lowest BCUT2D eigenvalue weighted by molar-refractivity contribution is -0.119. The van der Waals surface area contributed by atoms with Gasteiger partial charge in [-0.3, -0.25) is 9.78 Å². The van der Waals surface area contributed by atoms with Crippen molar-refractivity contribution < 1.29 is 26.7 Å². The highest BCUT2D eigenvalue weighted by molar-refractivity contribution is 6.06. The molecule has 14 heteroatoms. The van der Waals surface area contributed by atoms with Crippen molar-refractivity contribution in [2.75, 3.05) is 17.2 Å². The van der Waals surface area contributed by atoms with Gasteiger partial charge in [0.2, 0.25) is 5.91 Å². The summed E-state index contributed by atoms with van der Waals surface area (Å²) in [5.41, 5.74) is -0.895. The second kappa shape index (κ2) is 8.17. The Morgan fingerprint density at radius 1 is 1.17 bits per heavy atom. The van der Waals surface area contributed by atoms with Gasteiger partial charge in [0.15, 0.2) is 11.5 Å². The van der Waals surface area contributed by atoms with Gasteiger partial charge in [-0.25, -0.2) is 28.4 Å². The summed E-state index contributed by atoms with van der Waals surface area (Å²) in [7, 11) is 0. The predicted molar refractivity (Wildman–Crippen MR) is 118 cm³/mol. The third-order valence-corrected chi connectivity index (χ3v) is 5.69. The average Bonchev–Trinajstić information content (AvgIpc) is 3.26. The van der Waals surface area contributed by atoms with E-state index >= 15 is 0 Å². The number of nitrogens with zero attached hydrogens (tertiary/aromatic N) is 6. The molecule has 4 aromatic rings. The highest BCUT2D eigenvalue weighted by atomic mass is 19.4. The third kappa shape index (κ3) is 4.07. The zero-order valence-electron chi connectivity index (χ0n) is 18.8. The van der Waals surface area contributed by atoms with Gasteiger partial charge in [-0.1, -0.05) is 0 Å². The fourth-order valence-electron chi connectivity index (χ4n) is 3.92. The van der Waals surface area contributed by atoms with Gasteiger partial charge in [-0.2, -0.15) is 18.3 Å². The number of carbonyl (C=O) groups excluding carboxylic acids is 1. The van der Waals surface area contributed by atoms with Gasteiger partial charge in [-0.15, -0.1) is 0 Å². The summed E-state index contributed by atoms with van der Waals surface area (Å²) in [4.78, 5) is 29.1. The second-order valence-electron chi connectivity index (χ2n) is 8.63. The lowest BCUT2D eigenvalue weighted by Gasteiger charge is -2.19. The quantitative estimate of drug-likeness (QED) is 0.398. The first-order valence-corrected chi connectivity index (χ1v) is 10.6. The number of amides is 1. The summed E-state index contributed by atoms with van der Waals surface area (Å²) >= 11 is 0. The maximum Gasteiger partial charge on any atom is 0.405 e.